The number of nitrogens with zero attached hydrogens (tertiary/aromatic N) is 4. The van der Waals surface area contributed by atoms with Crippen LogP contribution in [-0.4, -0.2) is 53.2 Å². The highest BCUT2D eigenvalue weighted by molar-refractivity contribution is 5.96. The second-order valence-corrected chi connectivity index (χ2v) is 6.01. The van der Waals surface area contributed by atoms with Crippen molar-refractivity contribution in [3.63, 3.8) is 0 Å². The number of aromatic nitrogens is 2. The fourth-order valence-electron chi connectivity index (χ4n) is 2.84. The van der Waals surface area contributed by atoms with Crippen molar-refractivity contribution in [1.82, 2.24) is 20.2 Å². The maximum Gasteiger partial charge on any atom is 0.318 e. The van der Waals surface area contributed by atoms with E-state index in [-0.39, 0.29) is 37.8 Å². The molecule has 4 rings (SSSR count). The summed E-state index contributed by atoms with van der Waals surface area (Å²) in [6.45, 7) is 0.940. The molecule has 27 heavy (non-hydrogen) atoms. The second-order valence-electron chi connectivity index (χ2n) is 6.01. The standard InChI is InChI=1S/C17H16FN5O4/c18-12-7-19-16(20-8-12)23-4-3-22(9-15(23)24)17(25)21-6-11-1-2-13-14(5-11)27-10-26-13/h1-2,5,7-8H,3-4,6,9-10H2,(H,21,25). The molecule has 2 aromatic rings. The summed E-state index contributed by atoms with van der Waals surface area (Å²) in [5, 5.41) is 2.78. The molecule has 2 aliphatic heterocycles. The molecule has 1 aromatic heterocycles. The van der Waals surface area contributed by atoms with Crippen LogP contribution in [0.15, 0.2) is 30.6 Å². The molecule has 0 unspecified atom stereocenters. The van der Waals surface area contributed by atoms with Crippen molar-refractivity contribution in [1.29, 1.82) is 0 Å². The van der Waals surface area contributed by atoms with Gasteiger partial charge < -0.3 is 19.7 Å². The van der Waals surface area contributed by atoms with E-state index in [9.17, 15) is 14.0 Å². The Morgan fingerprint density at radius 3 is 2.74 bits per heavy atom. The van der Waals surface area contributed by atoms with Crippen molar-refractivity contribution in [2.75, 3.05) is 31.3 Å². The van der Waals surface area contributed by atoms with Crippen LogP contribution in [0.2, 0.25) is 0 Å². The van der Waals surface area contributed by atoms with Crippen LogP contribution in [-0.2, 0) is 11.3 Å². The van der Waals surface area contributed by atoms with Crippen molar-refractivity contribution in [3.8, 4) is 11.5 Å². The minimum absolute atomic E-state index is 0.103. The molecule has 0 saturated carbocycles. The molecule has 0 bridgehead atoms. The van der Waals surface area contributed by atoms with Crippen LogP contribution in [0.4, 0.5) is 15.1 Å². The van der Waals surface area contributed by atoms with E-state index >= 15 is 0 Å². The summed E-state index contributed by atoms with van der Waals surface area (Å²) in [4.78, 5) is 35.0. The molecule has 3 heterocycles. The number of hydrogen-bond donors (Lipinski definition) is 1. The van der Waals surface area contributed by atoms with E-state index in [0.717, 1.165) is 18.0 Å². The number of rotatable bonds is 3. The second kappa shape index (κ2) is 7.06. The van der Waals surface area contributed by atoms with Crippen LogP contribution >= 0.6 is 0 Å². The van der Waals surface area contributed by atoms with Crippen LogP contribution in [0.3, 0.4) is 0 Å². The summed E-state index contributed by atoms with van der Waals surface area (Å²) in [6.07, 6.45) is 2.00. The smallest absolute Gasteiger partial charge is 0.318 e. The average molecular weight is 373 g/mol. The lowest BCUT2D eigenvalue weighted by atomic mass is 10.2. The van der Waals surface area contributed by atoms with Gasteiger partial charge in [0.1, 0.15) is 6.54 Å². The topological polar surface area (TPSA) is 96.9 Å². The molecule has 140 valence electrons. The number of benzene rings is 1. The van der Waals surface area contributed by atoms with Crippen LogP contribution in [0, 0.1) is 5.82 Å². The van der Waals surface area contributed by atoms with Crippen molar-refractivity contribution >= 4 is 17.9 Å². The maximum atomic E-state index is 12.9. The minimum Gasteiger partial charge on any atom is -0.454 e. The normalized spacial score (nSPS) is 15.8. The summed E-state index contributed by atoms with van der Waals surface area (Å²) >= 11 is 0. The van der Waals surface area contributed by atoms with Gasteiger partial charge in [-0.3, -0.25) is 9.69 Å². The Morgan fingerprint density at radius 1 is 1.19 bits per heavy atom. The van der Waals surface area contributed by atoms with Gasteiger partial charge >= 0.3 is 6.03 Å². The lowest BCUT2D eigenvalue weighted by Crippen LogP contribution is -2.55. The highest BCUT2D eigenvalue weighted by Gasteiger charge is 2.29. The molecule has 1 aromatic carbocycles. The molecule has 0 spiro atoms. The third-order valence-electron chi connectivity index (χ3n) is 4.24. The van der Waals surface area contributed by atoms with Gasteiger partial charge in [-0.2, -0.15) is 0 Å². The largest absolute Gasteiger partial charge is 0.454 e. The first kappa shape index (κ1) is 17.0. The third-order valence-corrected chi connectivity index (χ3v) is 4.24. The zero-order valence-corrected chi connectivity index (χ0v) is 14.2. The van der Waals surface area contributed by atoms with Gasteiger partial charge in [0.2, 0.25) is 18.6 Å². The number of urea groups is 1. The van der Waals surface area contributed by atoms with Crippen molar-refractivity contribution in [2.24, 2.45) is 0 Å². The number of anilines is 1. The van der Waals surface area contributed by atoms with E-state index in [1.54, 1.807) is 12.1 Å². The van der Waals surface area contributed by atoms with E-state index in [4.69, 9.17) is 9.47 Å². The van der Waals surface area contributed by atoms with Crippen molar-refractivity contribution in [3.05, 3.63) is 42.0 Å². The predicted molar refractivity (Wildman–Crippen MR) is 90.7 cm³/mol. The van der Waals surface area contributed by atoms with Crippen molar-refractivity contribution < 1.29 is 23.5 Å². The van der Waals surface area contributed by atoms with Crippen molar-refractivity contribution in [2.45, 2.75) is 6.54 Å². The third kappa shape index (κ3) is 3.59. The molecule has 0 atom stereocenters. The number of hydrogen-bond acceptors (Lipinski definition) is 6. The molecular weight excluding hydrogens is 357 g/mol. The molecule has 10 heteroatoms. The van der Waals surface area contributed by atoms with Gasteiger partial charge in [0.15, 0.2) is 17.3 Å². The average Bonchev–Trinajstić information content (AvgIpc) is 3.14. The summed E-state index contributed by atoms with van der Waals surface area (Å²) in [5.41, 5.74) is 0.859. The molecular formula is C17H16FN5O4. The van der Waals surface area contributed by atoms with Gasteiger partial charge in [-0.1, -0.05) is 6.07 Å². The van der Waals surface area contributed by atoms with E-state index < -0.39 is 5.82 Å². The SMILES string of the molecule is O=C(NCc1ccc2c(c1)OCO2)N1CCN(c2ncc(F)cn2)C(=O)C1. The number of ether oxygens (including phenoxy) is 2. The number of halogens is 1. The molecule has 9 nitrogen and oxygen atoms in total. The van der Waals surface area contributed by atoms with E-state index in [0.29, 0.717) is 24.6 Å². The summed E-state index contributed by atoms with van der Waals surface area (Å²) in [7, 11) is 0. The molecule has 2 aliphatic rings. The number of carbonyl (C=O) groups is 2. The first-order valence-electron chi connectivity index (χ1n) is 8.29. The predicted octanol–water partition coefficient (Wildman–Crippen LogP) is 0.903. The van der Waals surface area contributed by atoms with Gasteiger partial charge in [-0.05, 0) is 17.7 Å². The Balaban J connectivity index is 1.32. The lowest BCUT2D eigenvalue weighted by Gasteiger charge is -2.32. The fourth-order valence-corrected chi connectivity index (χ4v) is 2.84. The number of fused-ring (bicyclic) bond motifs is 1. The van der Waals surface area contributed by atoms with Gasteiger partial charge in [0.05, 0.1) is 12.4 Å². The molecule has 1 N–H and O–H groups in total. The first-order valence-corrected chi connectivity index (χ1v) is 8.29. The van der Waals surface area contributed by atoms with E-state index in [1.807, 2.05) is 6.07 Å². The number of piperazine rings is 1. The molecule has 3 amide bonds. The summed E-state index contributed by atoms with van der Waals surface area (Å²) < 4.78 is 23.5. The first-order chi connectivity index (χ1) is 13.1. The Bertz CT molecular complexity index is 876. The Labute approximate surface area is 153 Å². The molecule has 0 aliphatic carbocycles. The van der Waals surface area contributed by atoms with E-state index in [1.165, 1.54) is 9.80 Å². The minimum atomic E-state index is -0.576. The molecule has 1 fully saturated rings. The Hall–Kier alpha value is -3.43. The molecule has 1 saturated heterocycles. The Kier molecular flexibility index (Phi) is 4.45. The maximum absolute atomic E-state index is 12.9. The van der Waals surface area contributed by atoms with E-state index in [2.05, 4.69) is 15.3 Å². The van der Waals surface area contributed by atoms with Crippen LogP contribution in [0.1, 0.15) is 5.56 Å². The number of nitrogens with one attached hydrogen (secondary N) is 1. The van der Waals surface area contributed by atoms with Gasteiger partial charge in [0.25, 0.3) is 0 Å². The Morgan fingerprint density at radius 2 is 1.96 bits per heavy atom. The van der Waals surface area contributed by atoms with Crippen LogP contribution < -0.4 is 19.7 Å². The quantitative estimate of drug-likeness (QED) is 0.859. The van der Waals surface area contributed by atoms with Gasteiger partial charge in [-0.15, -0.1) is 0 Å². The lowest BCUT2D eigenvalue weighted by molar-refractivity contribution is -0.120. The summed E-state index contributed by atoms with van der Waals surface area (Å²) in [6, 6.07) is 5.08. The number of amides is 3. The van der Waals surface area contributed by atoms with Crippen LogP contribution in [0.5, 0.6) is 11.5 Å². The fraction of sp³-hybridized carbons (Fsp3) is 0.294. The van der Waals surface area contributed by atoms with Gasteiger partial charge in [0, 0.05) is 19.6 Å². The summed E-state index contributed by atoms with van der Waals surface area (Å²) in [5.74, 6) is 0.542. The monoisotopic (exact) mass is 373 g/mol. The highest BCUT2D eigenvalue weighted by Crippen LogP contribution is 2.32. The zero-order valence-electron chi connectivity index (χ0n) is 14.2. The van der Waals surface area contributed by atoms with Crippen LogP contribution in [0.25, 0.3) is 0 Å². The van der Waals surface area contributed by atoms with Gasteiger partial charge in [-0.25, -0.2) is 19.2 Å². The molecule has 0 radical (unpaired) electrons. The highest BCUT2D eigenvalue weighted by atomic mass is 19.1. The number of carbonyl (C=O) groups excluding carboxylic acids is 2. The zero-order chi connectivity index (χ0) is 18.8.